The molecule has 5 heterocycles. The minimum atomic E-state index is -0.173. The summed E-state index contributed by atoms with van der Waals surface area (Å²) in [6, 6.07) is 55.3. The molecule has 356 valence electrons. The average molecular weight is 940 g/mol. The van der Waals surface area contributed by atoms with E-state index in [1.54, 1.807) is 0 Å². The molecule has 6 heteroatoms. The van der Waals surface area contributed by atoms with Crippen LogP contribution in [0.5, 0.6) is 0 Å². The quantitative estimate of drug-likeness (QED) is 0.165. The molecule has 2 unspecified atom stereocenters. The van der Waals surface area contributed by atoms with Gasteiger partial charge in [-0.05, 0) is 155 Å². The van der Waals surface area contributed by atoms with Crippen molar-refractivity contribution in [1.29, 1.82) is 0 Å². The first-order chi connectivity index (χ1) is 34.5. The largest absolute Gasteiger partial charge is 0.456 e. The van der Waals surface area contributed by atoms with Gasteiger partial charge in [0.2, 0.25) is 0 Å². The maximum atomic E-state index is 7.05. The van der Waals surface area contributed by atoms with Gasteiger partial charge in [0.25, 0.3) is 6.71 Å². The molecule has 0 radical (unpaired) electrons. The highest BCUT2D eigenvalue weighted by molar-refractivity contribution is 7.00. The molecule has 4 aliphatic rings. The number of anilines is 8. The molecule has 1 saturated carbocycles. The molecule has 14 rings (SSSR count). The monoisotopic (exact) mass is 939 g/mol. The van der Waals surface area contributed by atoms with Gasteiger partial charge in [0, 0.05) is 66.8 Å². The van der Waals surface area contributed by atoms with Crippen molar-refractivity contribution in [2.24, 2.45) is 0 Å². The standard InChI is InChI=1S/C66H62BN3O2/c1-39-32-40(2)60-54(33-39)70(66(10)31-16-15-30-65(60,66)9)44-37-55-61-56(38-44)69(51-21-17-20-47-45-18-11-14-23-58(45)72-62(47)51)53-35-42(64(6,7)8)25-28-50(53)67(61)49-27-24-41(63(3,4)5)34-52(49)68(55)43-26-29-59-48(36-43)46-19-12-13-22-57(46)71-59/h11-14,17-29,32-38H,15-16,30-31H2,1-10H3. The van der Waals surface area contributed by atoms with E-state index in [2.05, 4.69) is 230 Å². The Bertz CT molecular complexity index is 3960. The summed E-state index contributed by atoms with van der Waals surface area (Å²) in [6.07, 6.45) is 4.70. The zero-order valence-corrected chi connectivity index (χ0v) is 43.4. The second kappa shape index (κ2) is 14.7. The lowest BCUT2D eigenvalue weighted by Gasteiger charge is -2.51. The zero-order valence-electron chi connectivity index (χ0n) is 43.4. The number of furan rings is 2. The maximum absolute atomic E-state index is 7.05. The van der Waals surface area contributed by atoms with Crippen molar-refractivity contribution in [3.63, 3.8) is 0 Å². The second-order valence-electron chi connectivity index (χ2n) is 24.2. The van der Waals surface area contributed by atoms with E-state index in [-0.39, 0.29) is 28.5 Å². The number of benzene rings is 8. The predicted octanol–water partition coefficient (Wildman–Crippen LogP) is 16.5. The summed E-state index contributed by atoms with van der Waals surface area (Å²) in [5.74, 6) is 0. The van der Waals surface area contributed by atoms with Crippen LogP contribution in [0.2, 0.25) is 0 Å². The van der Waals surface area contributed by atoms with E-state index in [1.807, 2.05) is 0 Å². The minimum Gasteiger partial charge on any atom is -0.456 e. The maximum Gasteiger partial charge on any atom is 0.252 e. The first-order valence-corrected chi connectivity index (χ1v) is 26.3. The second-order valence-corrected chi connectivity index (χ2v) is 24.2. The summed E-state index contributed by atoms with van der Waals surface area (Å²) in [5.41, 5.74) is 23.4. The molecule has 5 nitrogen and oxygen atoms in total. The van der Waals surface area contributed by atoms with Crippen molar-refractivity contribution < 1.29 is 8.83 Å². The number of rotatable bonds is 3. The zero-order chi connectivity index (χ0) is 49.4. The Balaban J connectivity index is 1.15. The molecule has 2 atom stereocenters. The highest BCUT2D eigenvalue weighted by Gasteiger charge is 2.59. The van der Waals surface area contributed by atoms with E-state index < -0.39 is 0 Å². The fourth-order valence-electron chi connectivity index (χ4n) is 14.1. The molecule has 2 aromatic heterocycles. The number of para-hydroxylation sites is 3. The smallest absolute Gasteiger partial charge is 0.252 e. The van der Waals surface area contributed by atoms with Gasteiger partial charge >= 0.3 is 0 Å². The van der Waals surface area contributed by atoms with Gasteiger partial charge < -0.3 is 23.5 Å². The summed E-state index contributed by atoms with van der Waals surface area (Å²) in [7, 11) is 0. The van der Waals surface area contributed by atoms with E-state index in [4.69, 9.17) is 8.83 Å². The Morgan fingerprint density at radius 1 is 0.486 bits per heavy atom. The van der Waals surface area contributed by atoms with Crippen LogP contribution in [-0.4, -0.2) is 12.3 Å². The molecular weight excluding hydrogens is 878 g/mol. The highest BCUT2D eigenvalue weighted by atomic mass is 16.3. The Labute approximate surface area is 424 Å². The summed E-state index contributed by atoms with van der Waals surface area (Å²) in [5, 5.41) is 4.49. The molecule has 10 aromatic rings. The van der Waals surface area contributed by atoms with Crippen molar-refractivity contribution in [2.45, 2.75) is 117 Å². The van der Waals surface area contributed by atoms with Gasteiger partial charge in [-0.1, -0.05) is 140 Å². The van der Waals surface area contributed by atoms with Gasteiger partial charge in [0.1, 0.15) is 16.7 Å². The molecule has 1 aliphatic carbocycles. The third-order valence-corrected chi connectivity index (χ3v) is 17.8. The molecule has 0 bridgehead atoms. The van der Waals surface area contributed by atoms with Crippen molar-refractivity contribution >= 4 is 112 Å². The number of nitrogens with zero attached hydrogens (tertiary/aromatic N) is 3. The number of fused-ring (bicyclic) bond motifs is 13. The normalized spacial score (nSPS) is 19.3. The van der Waals surface area contributed by atoms with Crippen LogP contribution >= 0.6 is 0 Å². The molecule has 8 aromatic carbocycles. The molecule has 0 spiro atoms. The van der Waals surface area contributed by atoms with Gasteiger partial charge in [-0.25, -0.2) is 0 Å². The fraction of sp³-hybridized carbons (Fsp3) is 0.273. The van der Waals surface area contributed by atoms with Crippen LogP contribution in [0.3, 0.4) is 0 Å². The molecule has 1 fully saturated rings. The molecular formula is C66H62BN3O2. The topological polar surface area (TPSA) is 36.0 Å². The lowest BCUT2D eigenvalue weighted by molar-refractivity contribution is 0.194. The van der Waals surface area contributed by atoms with Crippen LogP contribution < -0.4 is 31.1 Å². The number of aryl methyl sites for hydroxylation is 2. The van der Waals surface area contributed by atoms with Crippen LogP contribution in [-0.2, 0) is 16.2 Å². The van der Waals surface area contributed by atoms with Gasteiger partial charge in [-0.2, -0.15) is 0 Å². The van der Waals surface area contributed by atoms with Crippen LogP contribution in [0.15, 0.2) is 154 Å². The van der Waals surface area contributed by atoms with Crippen LogP contribution in [0.25, 0.3) is 43.9 Å². The van der Waals surface area contributed by atoms with Crippen molar-refractivity contribution in [3.05, 3.63) is 173 Å². The number of hydrogen-bond acceptors (Lipinski definition) is 5. The van der Waals surface area contributed by atoms with Crippen molar-refractivity contribution in [2.75, 3.05) is 14.7 Å². The van der Waals surface area contributed by atoms with Crippen molar-refractivity contribution in [1.82, 2.24) is 0 Å². The lowest BCUT2D eigenvalue weighted by Crippen LogP contribution is -2.61. The Morgan fingerprint density at radius 2 is 1.08 bits per heavy atom. The van der Waals surface area contributed by atoms with E-state index >= 15 is 0 Å². The Hall–Kier alpha value is -7.18. The average Bonchev–Trinajstić information content (AvgIpc) is 3.98. The van der Waals surface area contributed by atoms with E-state index in [9.17, 15) is 0 Å². The van der Waals surface area contributed by atoms with Gasteiger partial charge in [-0.3, -0.25) is 0 Å². The summed E-state index contributed by atoms with van der Waals surface area (Å²) in [4.78, 5) is 8.01. The molecule has 0 saturated heterocycles. The molecule has 3 aliphatic heterocycles. The summed E-state index contributed by atoms with van der Waals surface area (Å²) < 4.78 is 13.6. The van der Waals surface area contributed by atoms with E-state index in [0.29, 0.717) is 0 Å². The Kier molecular flexibility index (Phi) is 8.91. The Morgan fingerprint density at radius 3 is 1.78 bits per heavy atom. The first kappa shape index (κ1) is 43.6. The van der Waals surface area contributed by atoms with Gasteiger partial charge in [0.05, 0.1) is 11.2 Å². The highest BCUT2D eigenvalue weighted by Crippen LogP contribution is 2.63. The van der Waals surface area contributed by atoms with Crippen LogP contribution in [0.4, 0.5) is 45.5 Å². The van der Waals surface area contributed by atoms with Crippen LogP contribution in [0.1, 0.15) is 109 Å². The van der Waals surface area contributed by atoms with Crippen molar-refractivity contribution in [3.8, 4) is 0 Å². The fourth-order valence-corrected chi connectivity index (χ4v) is 14.1. The summed E-state index contributed by atoms with van der Waals surface area (Å²) >= 11 is 0. The minimum absolute atomic E-state index is 0.0386. The third kappa shape index (κ3) is 5.90. The first-order valence-electron chi connectivity index (χ1n) is 26.3. The van der Waals surface area contributed by atoms with Gasteiger partial charge in [0.15, 0.2) is 5.58 Å². The third-order valence-electron chi connectivity index (χ3n) is 17.8. The van der Waals surface area contributed by atoms with Crippen LogP contribution in [0, 0.1) is 13.8 Å². The summed E-state index contributed by atoms with van der Waals surface area (Å²) in [6.45, 7) is 23.8. The van der Waals surface area contributed by atoms with E-state index in [1.165, 1.54) is 91.2 Å². The number of hydrogen-bond donors (Lipinski definition) is 0. The molecule has 72 heavy (non-hydrogen) atoms. The molecule has 0 amide bonds. The predicted molar refractivity (Wildman–Crippen MR) is 305 cm³/mol. The lowest BCUT2D eigenvalue weighted by atomic mass is 9.33. The van der Waals surface area contributed by atoms with Gasteiger partial charge in [-0.15, -0.1) is 0 Å². The molecule has 0 N–H and O–H groups in total. The van der Waals surface area contributed by atoms with E-state index in [0.717, 1.165) is 68.1 Å². The SMILES string of the molecule is Cc1cc(C)c2c(c1)N(c1cc3c4c(c1)N(c1cccc5c1oc1ccccc15)c1cc(C(C)(C)C)ccc1B4c1ccc(C(C)(C)C)cc1N3c1ccc3oc4ccccc4c3c1)C1(C)CCCCC21C.